The van der Waals surface area contributed by atoms with E-state index in [0.717, 1.165) is 12.8 Å². The highest BCUT2D eigenvalue weighted by atomic mass is 16.5. The van der Waals surface area contributed by atoms with Gasteiger partial charge >= 0.3 is 0 Å². The molecule has 1 aliphatic heterocycles. The topological polar surface area (TPSA) is 133 Å². The Balaban J connectivity index is 1.49. The first-order valence-electron chi connectivity index (χ1n) is 10.6. The summed E-state index contributed by atoms with van der Waals surface area (Å²) in [5, 5.41) is 15.3. The number of anilines is 2. The second kappa shape index (κ2) is 9.28. The number of amides is 2. The lowest BCUT2D eigenvalue weighted by atomic mass is 10.1. The Morgan fingerprint density at radius 1 is 1.25 bits per heavy atom. The van der Waals surface area contributed by atoms with Gasteiger partial charge in [-0.1, -0.05) is 0 Å². The Labute approximate surface area is 186 Å². The minimum atomic E-state index is -0.550. The summed E-state index contributed by atoms with van der Waals surface area (Å²) in [5.74, 6) is 0.375. The van der Waals surface area contributed by atoms with Gasteiger partial charge in [0.05, 0.1) is 43.0 Å². The lowest BCUT2D eigenvalue weighted by Gasteiger charge is -2.35. The summed E-state index contributed by atoms with van der Waals surface area (Å²) in [7, 11) is 0. The number of carbonyl (C=O) groups excluding carboxylic acids is 2. The molecule has 0 spiro atoms. The van der Waals surface area contributed by atoms with Gasteiger partial charge in [0.15, 0.2) is 11.5 Å². The van der Waals surface area contributed by atoms with E-state index >= 15 is 0 Å². The number of carbonyl (C=O) groups is 2. The SMILES string of the molecule is CC(Nc1cc(-c2cnc(NC(=O)C3CC3)cn2)cnc1C#N)C(=O)N1CCOCC1C. The van der Waals surface area contributed by atoms with Crippen LogP contribution in [0.15, 0.2) is 24.7 Å². The lowest BCUT2D eigenvalue weighted by molar-refractivity contribution is -0.139. The fraction of sp³-hybridized carbons (Fsp3) is 0.455. The number of hydrogen-bond acceptors (Lipinski definition) is 8. The van der Waals surface area contributed by atoms with Crippen LogP contribution in [-0.2, 0) is 14.3 Å². The summed E-state index contributed by atoms with van der Waals surface area (Å²) in [6.45, 7) is 5.26. The van der Waals surface area contributed by atoms with Gasteiger partial charge in [-0.3, -0.25) is 14.6 Å². The number of rotatable bonds is 6. The fourth-order valence-electron chi connectivity index (χ4n) is 3.52. The molecule has 0 bridgehead atoms. The van der Waals surface area contributed by atoms with Crippen molar-refractivity contribution in [1.29, 1.82) is 5.26 Å². The van der Waals surface area contributed by atoms with Gasteiger partial charge in [0.2, 0.25) is 11.8 Å². The zero-order valence-corrected chi connectivity index (χ0v) is 18.0. The Morgan fingerprint density at radius 2 is 2.06 bits per heavy atom. The van der Waals surface area contributed by atoms with Crippen LogP contribution in [0.3, 0.4) is 0 Å². The Hall–Kier alpha value is -3.58. The van der Waals surface area contributed by atoms with Crippen molar-refractivity contribution in [3.63, 3.8) is 0 Å². The smallest absolute Gasteiger partial charge is 0.245 e. The van der Waals surface area contributed by atoms with Crippen LogP contribution < -0.4 is 10.6 Å². The van der Waals surface area contributed by atoms with Crippen molar-refractivity contribution < 1.29 is 14.3 Å². The number of hydrogen-bond donors (Lipinski definition) is 2. The first-order valence-corrected chi connectivity index (χ1v) is 10.6. The maximum atomic E-state index is 12.9. The number of nitrogens with one attached hydrogen (secondary N) is 2. The van der Waals surface area contributed by atoms with Crippen molar-refractivity contribution in [1.82, 2.24) is 19.9 Å². The molecular weight excluding hydrogens is 410 g/mol. The van der Waals surface area contributed by atoms with Crippen molar-refractivity contribution in [3.05, 3.63) is 30.4 Å². The number of nitrogens with zero attached hydrogens (tertiary/aromatic N) is 5. The molecule has 1 saturated carbocycles. The maximum Gasteiger partial charge on any atom is 0.245 e. The zero-order valence-electron chi connectivity index (χ0n) is 18.0. The van der Waals surface area contributed by atoms with E-state index in [0.29, 0.717) is 42.5 Å². The molecule has 4 rings (SSSR count). The van der Waals surface area contributed by atoms with E-state index in [1.54, 1.807) is 24.1 Å². The van der Waals surface area contributed by atoms with Gasteiger partial charge in [-0.05, 0) is 32.8 Å². The average Bonchev–Trinajstić information content (AvgIpc) is 3.65. The molecule has 1 saturated heterocycles. The monoisotopic (exact) mass is 435 g/mol. The highest BCUT2D eigenvalue weighted by Gasteiger charge is 2.30. The molecule has 10 heteroatoms. The van der Waals surface area contributed by atoms with Crippen LogP contribution in [0.1, 0.15) is 32.4 Å². The van der Waals surface area contributed by atoms with Gasteiger partial charge < -0.3 is 20.3 Å². The van der Waals surface area contributed by atoms with Crippen molar-refractivity contribution in [2.75, 3.05) is 30.4 Å². The van der Waals surface area contributed by atoms with Crippen LogP contribution in [0.5, 0.6) is 0 Å². The van der Waals surface area contributed by atoms with Crippen molar-refractivity contribution in [2.45, 2.75) is 38.8 Å². The molecule has 3 heterocycles. The molecule has 166 valence electrons. The summed E-state index contributed by atoms with van der Waals surface area (Å²) in [6, 6.07) is 3.22. The molecule has 1 aliphatic carbocycles. The Morgan fingerprint density at radius 3 is 2.72 bits per heavy atom. The number of aromatic nitrogens is 3. The molecule has 2 aromatic rings. The molecule has 2 atom stereocenters. The van der Waals surface area contributed by atoms with E-state index in [2.05, 4.69) is 31.7 Å². The van der Waals surface area contributed by atoms with Gasteiger partial charge in [-0.2, -0.15) is 5.26 Å². The molecule has 2 aromatic heterocycles. The van der Waals surface area contributed by atoms with E-state index in [9.17, 15) is 14.9 Å². The summed E-state index contributed by atoms with van der Waals surface area (Å²) >= 11 is 0. The molecule has 2 amide bonds. The third-order valence-corrected chi connectivity index (χ3v) is 5.53. The number of morpholine rings is 1. The fourth-order valence-corrected chi connectivity index (χ4v) is 3.52. The molecule has 2 N–H and O–H groups in total. The second-order valence-corrected chi connectivity index (χ2v) is 8.10. The van der Waals surface area contributed by atoms with Gasteiger partial charge in [-0.15, -0.1) is 0 Å². The normalized spacial score (nSPS) is 19.0. The quantitative estimate of drug-likeness (QED) is 0.702. The molecule has 32 heavy (non-hydrogen) atoms. The van der Waals surface area contributed by atoms with Crippen LogP contribution >= 0.6 is 0 Å². The van der Waals surface area contributed by atoms with E-state index in [1.807, 2.05) is 6.92 Å². The first kappa shape index (κ1) is 21.6. The third kappa shape index (κ3) is 4.84. The van der Waals surface area contributed by atoms with Crippen LogP contribution in [0.4, 0.5) is 11.5 Å². The van der Waals surface area contributed by atoms with Crippen LogP contribution in [0, 0.1) is 17.2 Å². The molecular formula is C22H25N7O3. The predicted octanol–water partition coefficient (Wildman–Crippen LogP) is 1.81. The highest BCUT2D eigenvalue weighted by Crippen LogP contribution is 2.30. The zero-order chi connectivity index (χ0) is 22.7. The van der Waals surface area contributed by atoms with Crippen molar-refractivity contribution >= 4 is 23.3 Å². The van der Waals surface area contributed by atoms with Gasteiger partial charge in [0.1, 0.15) is 12.1 Å². The predicted molar refractivity (Wildman–Crippen MR) is 116 cm³/mol. The maximum absolute atomic E-state index is 12.9. The van der Waals surface area contributed by atoms with E-state index < -0.39 is 6.04 Å². The highest BCUT2D eigenvalue weighted by molar-refractivity contribution is 5.93. The van der Waals surface area contributed by atoms with Crippen LogP contribution in [0.2, 0.25) is 0 Å². The molecule has 0 aromatic carbocycles. The summed E-state index contributed by atoms with van der Waals surface area (Å²) < 4.78 is 5.40. The third-order valence-electron chi connectivity index (χ3n) is 5.53. The van der Waals surface area contributed by atoms with Crippen molar-refractivity contribution in [3.8, 4) is 17.3 Å². The second-order valence-electron chi connectivity index (χ2n) is 8.10. The number of ether oxygens (including phenoxy) is 1. The molecule has 0 radical (unpaired) electrons. The van der Waals surface area contributed by atoms with Crippen LogP contribution in [-0.4, -0.2) is 63.5 Å². The Kier molecular flexibility index (Phi) is 6.28. The summed E-state index contributed by atoms with van der Waals surface area (Å²) in [4.78, 5) is 39.4. The molecule has 2 fully saturated rings. The largest absolute Gasteiger partial charge is 0.377 e. The molecule has 2 aliphatic rings. The van der Waals surface area contributed by atoms with Crippen molar-refractivity contribution in [2.24, 2.45) is 5.92 Å². The molecule has 10 nitrogen and oxygen atoms in total. The van der Waals surface area contributed by atoms with Gasteiger partial charge in [-0.25, -0.2) is 9.97 Å². The first-order chi connectivity index (χ1) is 15.5. The number of pyridine rings is 1. The minimum absolute atomic E-state index is 0.00501. The minimum Gasteiger partial charge on any atom is -0.377 e. The van der Waals surface area contributed by atoms with Gasteiger partial charge in [0.25, 0.3) is 0 Å². The molecule has 2 unspecified atom stereocenters. The summed E-state index contributed by atoms with van der Waals surface area (Å²) in [5.41, 5.74) is 1.80. The van der Waals surface area contributed by atoms with E-state index in [-0.39, 0.29) is 29.5 Å². The average molecular weight is 435 g/mol. The van der Waals surface area contributed by atoms with E-state index in [1.165, 1.54) is 12.4 Å². The summed E-state index contributed by atoms with van der Waals surface area (Å²) in [6.07, 6.45) is 6.39. The van der Waals surface area contributed by atoms with E-state index in [4.69, 9.17) is 4.74 Å². The van der Waals surface area contributed by atoms with Gasteiger partial charge in [0, 0.05) is 24.2 Å². The lowest BCUT2D eigenvalue weighted by Crippen LogP contribution is -2.51. The number of nitriles is 1. The van der Waals surface area contributed by atoms with Crippen LogP contribution in [0.25, 0.3) is 11.3 Å². The Bertz CT molecular complexity index is 1050. The standard InChI is InChI=1S/C22H25N7O3/c1-13-12-32-6-5-29(13)22(31)14(2)27-17-7-16(9-24-18(17)8-23)19-10-26-20(11-25-19)28-21(30)15-3-4-15/h7,9-11,13-15,27H,3-6,12H2,1-2H3,(H,26,28,30).